The SMILES string of the molecule is CCOC(=O)C(C#N)Cc1ccn(C2CCCC2)n1. The molecule has 1 aromatic rings. The third-order valence-electron chi connectivity index (χ3n) is 3.50. The van der Waals surface area contributed by atoms with Gasteiger partial charge in [-0.1, -0.05) is 12.8 Å². The minimum absolute atomic E-state index is 0.299. The Morgan fingerprint density at radius 2 is 2.37 bits per heavy atom. The highest BCUT2D eigenvalue weighted by atomic mass is 16.5. The standard InChI is InChI=1S/C14H19N3O2/c1-2-19-14(18)11(10-15)9-12-7-8-17(16-12)13-5-3-4-6-13/h7-8,11,13H,2-6,9H2,1H3. The summed E-state index contributed by atoms with van der Waals surface area (Å²) >= 11 is 0. The first-order valence-corrected chi connectivity index (χ1v) is 6.85. The van der Waals surface area contributed by atoms with E-state index in [1.807, 2.05) is 23.0 Å². The molecule has 0 bridgehead atoms. The molecule has 0 aromatic carbocycles. The molecule has 1 aromatic heterocycles. The molecule has 1 saturated carbocycles. The Morgan fingerprint density at radius 1 is 1.63 bits per heavy atom. The number of rotatable bonds is 5. The van der Waals surface area contributed by atoms with Crippen molar-refractivity contribution in [3.8, 4) is 6.07 Å². The number of carbonyl (C=O) groups excluding carboxylic acids is 1. The second-order valence-corrected chi connectivity index (χ2v) is 4.86. The molecule has 0 aliphatic heterocycles. The van der Waals surface area contributed by atoms with Crippen LogP contribution in [0, 0.1) is 17.2 Å². The van der Waals surface area contributed by atoms with Crippen molar-refractivity contribution in [2.24, 2.45) is 5.92 Å². The van der Waals surface area contributed by atoms with Gasteiger partial charge in [-0.25, -0.2) is 0 Å². The molecule has 0 spiro atoms. The summed E-state index contributed by atoms with van der Waals surface area (Å²) in [6.45, 7) is 2.04. The van der Waals surface area contributed by atoms with Gasteiger partial charge in [0, 0.05) is 12.6 Å². The average molecular weight is 261 g/mol. The lowest BCUT2D eigenvalue weighted by Crippen LogP contribution is -2.19. The van der Waals surface area contributed by atoms with Gasteiger partial charge in [-0.2, -0.15) is 10.4 Å². The van der Waals surface area contributed by atoms with Gasteiger partial charge in [-0.3, -0.25) is 9.48 Å². The number of nitrogens with zero attached hydrogens (tertiary/aromatic N) is 3. The van der Waals surface area contributed by atoms with Crippen molar-refractivity contribution in [3.63, 3.8) is 0 Å². The highest BCUT2D eigenvalue weighted by Gasteiger charge is 2.22. The first-order valence-electron chi connectivity index (χ1n) is 6.85. The van der Waals surface area contributed by atoms with Crippen LogP contribution in [-0.2, 0) is 16.0 Å². The van der Waals surface area contributed by atoms with Crippen LogP contribution in [0.5, 0.6) is 0 Å². The molecule has 0 saturated heterocycles. The lowest BCUT2D eigenvalue weighted by Gasteiger charge is -2.09. The molecule has 0 N–H and O–H groups in total. The fourth-order valence-electron chi connectivity index (χ4n) is 2.49. The normalized spacial score (nSPS) is 17.1. The van der Waals surface area contributed by atoms with Gasteiger partial charge in [0.1, 0.15) is 5.92 Å². The van der Waals surface area contributed by atoms with Gasteiger partial charge in [-0.05, 0) is 25.8 Å². The van der Waals surface area contributed by atoms with Crippen LogP contribution in [0.15, 0.2) is 12.3 Å². The van der Waals surface area contributed by atoms with Crippen molar-refractivity contribution < 1.29 is 9.53 Å². The summed E-state index contributed by atoms with van der Waals surface area (Å²) in [6.07, 6.45) is 7.12. The predicted molar refractivity (Wildman–Crippen MR) is 69.2 cm³/mol. The third-order valence-corrected chi connectivity index (χ3v) is 3.50. The minimum atomic E-state index is -0.758. The largest absolute Gasteiger partial charge is 0.465 e. The quantitative estimate of drug-likeness (QED) is 0.762. The van der Waals surface area contributed by atoms with Crippen molar-refractivity contribution in [2.75, 3.05) is 6.61 Å². The zero-order chi connectivity index (χ0) is 13.7. The van der Waals surface area contributed by atoms with E-state index in [1.165, 1.54) is 25.7 Å². The van der Waals surface area contributed by atoms with E-state index >= 15 is 0 Å². The minimum Gasteiger partial charge on any atom is -0.465 e. The van der Waals surface area contributed by atoms with Crippen LogP contribution in [-0.4, -0.2) is 22.4 Å². The molecule has 2 rings (SSSR count). The molecule has 1 heterocycles. The van der Waals surface area contributed by atoms with Crippen LogP contribution in [0.25, 0.3) is 0 Å². The van der Waals surface area contributed by atoms with Crippen LogP contribution in [0.4, 0.5) is 0 Å². The van der Waals surface area contributed by atoms with Gasteiger partial charge in [0.25, 0.3) is 0 Å². The van der Waals surface area contributed by atoms with E-state index in [-0.39, 0.29) is 0 Å². The van der Waals surface area contributed by atoms with E-state index in [9.17, 15) is 4.79 Å². The fraction of sp³-hybridized carbons (Fsp3) is 0.643. The molecule has 0 amide bonds. The number of hydrogen-bond acceptors (Lipinski definition) is 4. The van der Waals surface area contributed by atoms with E-state index in [1.54, 1.807) is 6.92 Å². The Balaban J connectivity index is 1.98. The first kappa shape index (κ1) is 13.6. The highest BCUT2D eigenvalue weighted by Crippen LogP contribution is 2.28. The molecule has 5 heteroatoms. The molecule has 1 aliphatic carbocycles. The van der Waals surface area contributed by atoms with Crippen LogP contribution in [0.1, 0.15) is 44.3 Å². The molecule has 1 aliphatic rings. The fourth-order valence-corrected chi connectivity index (χ4v) is 2.49. The lowest BCUT2D eigenvalue weighted by atomic mass is 10.1. The maximum Gasteiger partial charge on any atom is 0.323 e. The maximum atomic E-state index is 11.6. The Hall–Kier alpha value is -1.83. The van der Waals surface area contributed by atoms with Crippen molar-refractivity contribution in [1.82, 2.24) is 9.78 Å². The molecule has 1 unspecified atom stereocenters. The monoisotopic (exact) mass is 261 g/mol. The van der Waals surface area contributed by atoms with Crippen LogP contribution < -0.4 is 0 Å². The third kappa shape index (κ3) is 3.34. The van der Waals surface area contributed by atoms with Gasteiger partial charge in [0.2, 0.25) is 0 Å². The number of nitriles is 1. The molecule has 5 nitrogen and oxygen atoms in total. The number of carbonyl (C=O) groups is 1. The summed E-state index contributed by atoms with van der Waals surface area (Å²) in [4.78, 5) is 11.6. The number of aromatic nitrogens is 2. The second kappa shape index (κ2) is 6.37. The number of esters is 1. The number of ether oxygens (including phenoxy) is 1. The van der Waals surface area contributed by atoms with Gasteiger partial charge >= 0.3 is 5.97 Å². The van der Waals surface area contributed by atoms with E-state index < -0.39 is 11.9 Å². The summed E-state index contributed by atoms with van der Waals surface area (Å²) in [5, 5.41) is 13.5. The summed E-state index contributed by atoms with van der Waals surface area (Å²) in [7, 11) is 0. The Morgan fingerprint density at radius 3 is 3.00 bits per heavy atom. The van der Waals surface area contributed by atoms with Crippen molar-refractivity contribution in [3.05, 3.63) is 18.0 Å². The smallest absolute Gasteiger partial charge is 0.323 e. The Kier molecular flexibility index (Phi) is 4.56. The number of hydrogen-bond donors (Lipinski definition) is 0. The van der Waals surface area contributed by atoms with E-state index in [0.717, 1.165) is 5.69 Å². The average Bonchev–Trinajstić information content (AvgIpc) is 3.06. The van der Waals surface area contributed by atoms with E-state index in [2.05, 4.69) is 5.10 Å². The zero-order valence-electron chi connectivity index (χ0n) is 11.2. The van der Waals surface area contributed by atoms with Crippen molar-refractivity contribution in [2.45, 2.75) is 45.1 Å². The second-order valence-electron chi connectivity index (χ2n) is 4.86. The highest BCUT2D eigenvalue weighted by molar-refractivity contribution is 5.75. The predicted octanol–water partition coefficient (Wildman–Crippen LogP) is 2.24. The molecule has 1 fully saturated rings. The molecule has 1 atom stereocenters. The molecule has 19 heavy (non-hydrogen) atoms. The molecular formula is C14H19N3O2. The summed E-state index contributed by atoms with van der Waals surface area (Å²) in [6, 6.07) is 4.36. The summed E-state index contributed by atoms with van der Waals surface area (Å²) in [5.41, 5.74) is 0.784. The molecule has 102 valence electrons. The van der Waals surface area contributed by atoms with E-state index in [0.29, 0.717) is 19.1 Å². The van der Waals surface area contributed by atoms with Crippen LogP contribution >= 0.6 is 0 Å². The molecule has 0 radical (unpaired) electrons. The van der Waals surface area contributed by atoms with E-state index in [4.69, 9.17) is 10.00 Å². The van der Waals surface area contributed by atoms with Gasteiger partial charge in [0.15, 0.2) is 0 Å². The summed E-state index contributed by atoms with van der Waals surface area (Å²) < 4.78 is 6.85. The Labute approximate surface area is 113 Å². The molecular weight excluding hydrogens is 242 g/mol. The zero-order valence-corrected chi connectivity index (χ0v) is 11.2. The lowest BCUT2D eigenvalue weighted by molar-refractivity contribution is -0.146. The topological polar surface area (TPSA) is 67.9 Å². The Bertz CT molecular complexity index is 469. The van der Waals surface area contributed by atoms with Crippen LogP contribution in [0.3, 0.4) is 0 Å². The summed E-state index contributed by atoms with van der Waals surface area (Å²) in [5.74, 6) is -1.22. The van der Waals surface area contributed by atoms with Gasteiger partial charge in [0.05, 0.1) is 24.4 Å². The van der Waals surface area contributed by atoms with Gasteiger partial charge < -0.3 is 4.74 Å². The van der Waals surface area contributed by atoms with Crippen molar-refractivity contribution in [1.29, 1.82) is 5.26 Å². The maximum absolute atomic E-state index is 11.6. The van der Waals surface area contributed by atoms with Crippen molar-refractivity contribution >= 4 is 5.97 Å². The van der Waals surface area contributed by atoms with Gasteiger partial charge in [-0.15, -0.1) is 0 Å². The van der Waals surface area contributed by atoms with Crippen LogP contribution in [0.2, 0.25) is 0 Å². The first-order chi connectivity index (χ1) is 9.24.